The fourth-order valence-corrected chi connectivity index (χ4v) is 5.43. The SMILES string of the molecule is C.NC1CCN(C(=O)c2ccc(Nc3ncc4c(n3)-c3ccc(Cl)cc3C(c3ccccc3C(F)(F)F)=NC4)cc2)CC1. The molecule has 0 radical (unpaired) electrons. The second-order valence-corrected chi connectivity index (χ2v) is 10.7. The number of carbonyl (C=O) groups excluding carboxylic acids is 1. The minimum atomic E-state index is -4.56. The van der Waals surface area contributed by atoms with Crippen LogP contribution in [0, 0.1) is 0 Å². The van der Waals surface area contributed by atoms with Crippen LogP contribution in [0.1, 0.15) is 52.9 Å². The molecule has 0 unspecified atom stereocenters. The number of amides is 1. The molecule has 1 aromatic heterocycles. The first-order chi connectivity index (χ1) is 20.2. The van der Waals surface area contributed by atoms with Crippen molar-refractivity contribution >= 4 is 34.9 Å². The number of piperidine rings is 1. The summed E-state index contributed by atoms with van der Waals surface area (Å²) in [5, 5.41) is 3.53. The predicted molar refractivity (Wildman–Crippen MR) is 163 cm³/mol. The summed E-state index contributed by atoms with van der Waals surface area (Å²) in [6.07, 6.45) is -1.37. The molecule has 0 bridgehead atoms. The minimum absolute atomic E-state index is 0. The van der Waals surface area contributed by atoms with Crippen molar-refractivity contribution in [3.8, 4) is 11.3 Å². The topological polar surface area (TPSA) is 96.5 Å². The van der Waals surface area contributed by atoms with E-state index >= 15 is 0 Å². The molecule has 3 aromatic carbocycles. The molecule has 2 aliphatic heterocycles. The number of benzene rings is 3. The van der Waals surface area contributed by atoms with Gasteiger partial charge in [-0.05, 0) is 55.3 Å². The Morgan fingerprint density at radius 2 is 1.70 bits per heavy atom. The van der Waals surface area contributed by atoms with E-state index in [1.807, 2.05) is 4.90 Å². The molecule has 2 aliphatic rings. The standard InChI is InChI=1S/C31H26ClF3N6O.CH4/c32-20-7-10-23-25(15-20)28(24-3-1-2-4-26(24)31(33,34)35)37-16-19-17-38-30(40-27(19)23)39-22-8-5-18(6-9-22)29(42)41-13-11-21(36)12-14-41;/h1-10,15,17,21H,11-14,16,36H2,(H,38,39,40);1H4. The molecule has 4 aromatic rings. The number of nitrogens with two attached hydrogens (primary N) is 1. The normalized spacial score (nSPS) is 15.0. The van der Waals surface area contributed by atoms with Crippen LogP contribution in [0.4, 0.5) is 24.8 Å². The van der Waals surface area contributed by atoms with Gasteiger partial charge in [-0.1, -0.05) is 43.3 Å². The predicted octanol–water partition coefficient (Wildman–Crippen LogP) is 7.11. The molecule has 11 heteroatoms. The van der Waals surface area contributed by atoms with Gasteiger partial charge in [-0.2, -0.15) is 13.2 Å². The van der Waals surface area contributed by atoms with Gasteiger partial charge in [0.1, 0.15) is 0 Å². The Labute approximate surface area is 252 Å². The van der Waals surface area contributed by atoms with Crippen LogP contribution in [0.2, 0.25) is 5.02 Å². The molecular weight excluding hydrogens is 577 g/mol. The zero-order chi connectivity index (χ0) is 29.4. The number of nitrogens with one attached hydrogen (secondary N) is 1. The zero-order valence-electron chi connectivity index (χ0n) is 22.3. The van der Waals surface area contributed by atoms with E-state index in [-0.39, 0.29) is 43.1 Å². The number of aliphatic imine (C=N–C) groups is 1. The minimum Gasteiger partial charge on any atom is -0.339 e. The maximum atomic E-state index is 13.9. The molecule has 1 fully saturated rings. The van der Waals surface area contributed by atoms with Crippen molar-refractivity contribution in [1.29, 1.82) is 0 Å². The van der Waals surface area contributed by atoms with Crippen LogP contribution in [0.15, 0.2) is 77.9 Å². The highest BCUT2D eigenvalue weighted by atomic mass is 35.5. The first-order valence-corrected chi connectivity index (χ1v) is 13.8. The van der Waals surface area contributed by atoms with Crippen LogP contribution < -0.4 is 11.1 Å². The van der Waals surface area contributed by atoms with Crippen molar-refractivity contribution in [1.82, 2.24) is 14.9 Å². The van der Waals surface area contributed by atoms with E-state index in [4.69, 9.17) is 22.3 Å². The van der Waals surface area contributed by atoms with Gasteiger partial charge in [-0.25, -0.2) is 9.97 Å². The molecule has 3 heterocycles. The second kappa shape index (κ2) is 12.1. The van der Waals surface area contributed by atoms with E-state index in [1.165, 1.54) is 12.1 Å². The van der Waals surface area contributed by atoms with Gasteiger partial charge >= 0.3 is 6.18 Å². The Kier molecular flexibility index (Phi) is 8.52. The largest absolute Gasteiger partial charge is 0.417 e. The summed E-state index contributed by atoms with van der Waals surface area (Å²) in [6.45, 7) is 1.37. The maximum Gasteiger partial charge on any atom is 0.417 e. The third-order valence-electron chi connectivity index (χ3n) is 7.47. The number of nitrogens with zero attached hydrogens (tertiary/aromatic N) is 4. The van der Waals surface area contributed by atoms with Crippen molar-refractivity contribution in [3.05, 3.63) is 106 Å². The van der Waals surface area contributed by atoms with E-state index < -0.39 is 11.7 Å². The fourth-order valence-electron chi connectivity index (χ4n) is 5.26. The number of fused-ring (bicyclic) bond motifs is 3. The van der Waals surface area contributed by atoms with Crippen molar-refractivity contribution in [2.45, 2.75) is 39.0 Å². The quantitative estimate of drug-likeness (QED) is 0.258. The van der Waals surface area contributed by atoms with E-state index in [2.05, 4.69) is 15.3 Å². The van der Waals surface area contributed by atoms with E-state index in [0.29, 0.717) is 51.7 Å². The van der Waals surface area contributed by atoms with E-state index in [9.17, 15) is 18.0 Å². The first kappa shape index (κ1) is 30.2. The molecule has 6 rings (SSSR count). The Bertz CT molecular complexity index is 1680. The van der Waals surface area contributed by atoms with Crippen molar-refractivity contribution in [3.63, 3.8) is 0 Å². The summed E-state index contributed by atoms with van der Waals surface area (Å²) in [4.78, 5) is 28.4. The lowest BCUT2D eigenvalue weighted by Gasteiger charge is -2.30. The Morgan fingerprint density at radius 3 is 2.42 bits per heavy atom. The fraction of sp³-hybridized carbons (Fsp3) is 0.250. The van der Waals surface area contributed by atoms with E-state index in [0.717, 1.165) is 18.9 Å². The summed E-state index contributed by atoms with van der Waals surface area (Å²) in [7, 11) is 0. The van der Waals surface area contributed by atoms with Crippen LogP contribution in [-0.2, 0) is 12.7 Å². The molecule has 0 atom stereocenters. The van der Waals surface area contributed by atoms with Crippen LogP contribution in [0.5, 0.6) is 0 Å². The van der Waals surface area contributed by atoms with E-state index in [1.54, 1.807) is 54.7 Å². The average molecular weight is 607 g/mol. The van der Waals surface area contributed by atoms with Crippen molar-refractivity contribution in [2.75, 3.05) is 18.4 Å². The molecule has 3 N–H and O–H groups in total. The zero-order valence-corrected chi connectivity index (χ0v) is 23.1. The highest BCUT2D eigenvalue weighted by Gasteiger charge is 2.35. The van der Waals surface area contributed by atoms with Crippen molar-refractivity contribution in [2.24, 2.45) is 10.7 Å². The molecule has 1 amide bonds. The summed E-state index contributed by atoms with van der Waals surface area (Å²) in [6, 6.07) is 17.6. The lowest BCUT2D eigenvalue weighted by molar-refractivity contribution is -0.137. The number of hydrogen-bond donors (Lipinski definition) is 2. The molecule has 1 saturated heterocycles. The van der Waals surface area contributed by atoms with Gasteiger partial charge in [-0.3, -0.25) is 9.79 Å². The van der Waals surface area contributed by atoms with Crippen LogP contribution in [0.3, 0.4) is 0 Å². The molecule has 222 valence electrons. The number of likely N-dealkylation sites (tertiary alicyclic amines) is 1. The molecule has 0 spiro atoms. The van der Waals surface area contributed by atoms with Gasteiger partial charge in [0.25, 0.3) is 5.91 Å². The summed E-state index contributed by atoms with van der Waals surface area (Å²) >= 11 is 6.31. The highest BCUT2D eigenvalue weighted by Crippen LogP contribution is 2.38. The van der Waals surface area contributed by atoms with Gasteiger partial charge in [-0.15, -0.1) is 0 Å². The Hall–Kier alpha value is -4.28. The van der Waals surface area contributed by atoms with Gasteiger partial charge < -0.3 is 16.0 Å². The monoisotopic (exact) mass is 606 g/mol. The van der Waals surface area contributed by atoms with Crippen molar-refractivity contribution < 1.29 is 18.0 Å². The first-order valence-electron chi connectivity index (χ1n) is 13.5. The second-order valence-electron chi connectivity index (χ2n) is 10.3. The number of aromatic nitrogens is 2. The van der Waals surface area contributed by atoms with Crippen LogP contribution >= 0.6 is 11.6 Å². The van der Waals surface area contributed by atoms with Crippen LogP contribution in [-0.4, -0.2) is 45.6 Å². The number of alkyl halides is 3. The molecule has 0 saturated carbocycles. The third kappa shape index (κ3) is 6.25. The van der Waals surface area contributed by atoms with Gasteiger partial charge in [0, 0.05) is 63.9 Å². The number of hydrogen-bond acceptors (Lipinski definition) is 6. The Morgan fingerprint density at radius 1 is 0.977 bits per heavy atom. The number of anilines is 2. The van der Waals surface area contributed by atoms with Gasteiger partial charge in [0.05, 0.1) is 23.5 Å². The van der Waals surface area contributed by atoms with Gasteiger partial charge in [0.2, 0.25) is 5.95 Å². The molecular formula is C32H30ClF3N6O. The maximum absolute atomic E-state index is 13.9. The smallest absolute Gasteiger partial charge is 0.339 e. The summed E-state index contributed by atoms with van der Waals surface area (Å²) in [5.41, 5.74) is 8.82. The number of carbonyl (C=O) groups is 1. The molecule has 7 nitrogen and oxygen atoms in total. The highest BCUT2D eigenvalue weighted by molar-refractivity contribution is 6.31. The Balaban J connectivity index is 0.00000368. The molecule has 0 aliphatic carbocycles. The van der Waals surface area contributed by atoms with Crippen LogP contribution in [0.25, 0.3) is 11.3 Å². The lowest BCUT2D eigenvalue weighted by Crippen LogP contribution is -2.42. The van der Waals surface area contributed by atoms with Gasteiger partial charge in [0.15, 0.2) is 0 Å². The summed E-state index contributed by atoms with van der Waals surface area (Å²) < 4.78 is 41.8. The number of halogens is 4. The third-order valence-corrected chi connectivity index (χ3v) is 7.70. The number of rotatable bonds is 4. The average Bonchev–Trinajstić information content (AvgIpc) is 3.13. The lowest BCUT2D eigenvalue weighted by atomic mass is 9.92. The molecule has 43 heavy (non-hydrogen) atoms. The summed E-state index contributed by atoms with van der Waals surface area (Å²) in [5.74, 6) is 0.255.